The van der Waals surface area contributed by atoms with Crippen molar-refractivity contribution in [2.45, 2.75) is 25.4 Å². The van der Waals surface area contributed by atoms with Crippen LogP contribution in [0.3, 0.4) is 0 Å². The molecule has 2 aromatic rings. The lowest BCUT2D eigenvalue weighted by atomic mass is 9.76. The molecule has 0 aliphatic carbocycles. The number of hydrogen-bond donors (Lipinski definition) is 1. The van der Waals surface area contributed by atoms with E-state index < -0.39 is 5.60 Å². The van der Waals surface area contributed by atoms with Crippen molar-refractivity contribution in [3.63, 3.8) is 0 Å². The molecule has 2 aromatic carbocycles. The second-order valence-corrected chi connectivity index (χ2v) is 6.66. The molecule has 130 valence electrons. The van der Waals surface area contributed by atoms with Crippen LogP contribution < -0.4 is 4.74 Å². The molecular formula is C21H29NO2. The summed E-state index contributed by atoms with van der Waals surface area (Å²) in [5.74, 6) is 0.870. The zero-order valence-electron chi connectivity index (χ0n) is 15.2. The molecule has 2 rings (SSSR count). The standard InChI is InChI=1S/C21H29NO2/c1-5-21(23,18-12-9-13-20(15-18)24-4)19(16-22(2)3)14-17-10-7-6-8-11-17/h6-13,15,19,23H,5,14,16H2,1-4H3/t19-,21+/m0/s1. The highest BCUT2D eigenvalue weighted by molar-refractivity contribution is 5.33. The molecule has 0 aliphatic heterocycles. The lowest BCUT2D eigenvalue weighted by Crippen LogP contribution is -2.41. The largest absolute Gasteiger partial charge is 0.497 e. The minimum absolute atomic E-state index is 0.0898. The van der Waals surface area contributed by atoms with Gasteiger partial charge in [0.15, 0.2) is 0 Å². The fraction of sp³-hybridized carbons (Fsp3) is 0.429. The quantitative estimate of drug-likeness (QED) is 0.802. The fourth-order valence-electron chi connectivity index (χ4n) is 3.34. The maximum absolute atomic E-state index is 11.6. The molecular weight excluding hydrogens is 298 g/mol. The van der Waals surface area contributed by atoms with E-state index >= 15 is 0 Å². The average Bonchev–Trinajstić information content (AvgIpc) is 2.61. The molecule has 0 radical (unpaired) electrons. The molecule has 0 aliphatic rings. The monoisotopic (exact) mass is 327 g/mol. The summed E-state index contributed by atoms with van der Waals surface area (Å²) in [6.07, 6.45) is 1.49. The van der Waals surface area contributed by atoms with Crippen LogP contribution in [0.4, 0.5) is 0 Å². The van der Waals surface area contributed by atoms with Crippen molar-refractivity contribution >= 4 is 0 Å². The third-order valence-electron chi connectivity index (χ3n) is 4.69. The summed E-state index contributed by atoms with van der Waals surface area (Å²) in [6.45, 7) is 2.86. The molecule has 24 heavy (non-hydrogen) atoms. The second-order valence-electron chi connectivity index (χ2n) is 6.66. The number of benzene rings is 2. The zero-order chi connectivity index (χ0) is 17.6. The van der Waals surface area contributed by atoms with Crippen molar-refractivity contribution in [2.24, 2.45) is 5.92 Å². The third kappa shape index (κ3) is 4.37. The van der Waals surface area contributed by atoms with Crippen LogP contribution >= 0.6 is 0 Å². The summed E-state index contributed by atoms with van der Waals surface area (Å²) >= 11 is 0. The Morgan fingerprint density at radius 3 is 2.38 bits per heavy atom. The minimum atomic E-state index is -0.894. The van der Waals surface area contributed by atoms with Crippen LogP contribution in [-0.2, 0) is 12.0 Å². The van der Waals surface area contributed by atoms with Gasteiger partial charge in [0.1, 0.15) is 5.75 Å². The predicted octanol–water partition coefficient (Wildman–Crippen LogP) is 3.71. The van der Waals surface area contributed by atoms with Crippen molar-refractivity contribution in [1.29, 1.82) is 0 Å². The summed E-state index contributed by atoms with van der Waals surface area (Å²) in [7, 11) is 5.77. The highest BCUT2D eigenvalue weighted by Gasteiger charge is 2.37. The number of ether oxygens (including phenoxy) is 1. The van der Waals surface area contributed by atoms with Crippen LogP contribution in [0.15, 0.2) is 54.6 Å². The number of methoxy groups -OCH3 is 1. The molecule has 0 saturated carbocycles. The van der Waals surface area contributed by atoms with Gasteiger partial charge >= 0.3 is 0 Å². The zero-order valence-corrected chi connectivity index (χ0v) is 15.2. The van der Waals surface area contributed by atoms with Crippen molar-refractivity contribution in [1.82, 2.24) is 4.90 Å². The Morgan fingerprint density at radius 2 is 1.79 bits per heavy atom. The van der Waals surface area contributed by atoms with Gasteiger partial charge < -0.3 is 14.7 Å². The van der Waals surface area contributed by atoms with Crippen molar-refractivity contribution in [2.75, 3.05) is 27.7 Å². The Labute approximate surface area is 145 Å². The van der Waals surface area contributed by atoms with E-state index in [0.29, 0.717) is 6.42 Å². The molecule has 0 aromatic heterocycles. The van der Waals surface area contributed by atoms with Crippen molar-refractivity contribution in [3.8, 4) is 5.75 Å². The fourth-order valence-corrected chi connectivity index (χ4v) is 3.34. The Hall–Kier alpha value is -1.84. The van der Waals surface area contributed by atoms with Crippen molar-refractivity contribution in [3.05, 3.63) is 65.7 Å². The van der Waals surface area contributed by atoms with Gasteiger partial charge in [0.2, 0.25) is 0 Å². The number of hydrogen-bond acceptors (Lipinski definition) is 3. The SMILES string of the molecule is CC[C@@](O)(c1cccc(OC)c1)[C@@H](Cc1ccccc1)CN(C)C. The summed E-state index contributed by atoms with van der Waals surface area (Å²) in [5.41, 5.74) is 1.28. The van der Waals surface area contributed by atoms with E-state index in [4.69, 9.17) is 4.74 Å². The molecule has 0 spiro atoms. The van der Waals surface area contributed by atoms with Gasteiger partial charge in [0.25, 0.3) is 0 Å². The molecule has 0 bridgehead atoms. The maximum atomic E-state index is 11.6. The lowest BCUT2D eigenvalue weighted by Gasteiger charge is -2.38. The smallest absolute Gasteiger partial charge is 0.119 e. The van der Waals surface area contributed by atoms with Crippen LogP contribution in [-0.4, -0.2) is 37.8 Å². The first-order valence-corrected chi connectivity index (χ1v) is 8.55. The molecule has 0 fully saturated rings. The molecule has 0 amide bonds. The van der Waals surface area contributed by atoms with Gasteiger partial charge in [-0.05, 0) is 50.2 Å². The Morgan fingerprint density at radius 1 is 1.08 bits per heavy atom. The number of aliphatic hydroxyl groups is 1. The van der Waals surface area contributed by atoms with Crippen LogP contribution in [0.2, 0.25) is 0 Å². The van der Waals surface area contributed by atoms with E-state index in [1.165, 1.54) is 5.56 Å². The molecule has 3 nitrogen and oxygen atoms in total. The number of rotatable bonds is 8. The topological polar surface area (TPSA) is 32.7 Å². The van der Waals surface area contributed by atoms with Gasteiger partial charge in [-0.1, -0.05) is 49.4 Å². The second kappa shape index (κ2) is 8.32. The minimum Gasteiger partial charge on any atom is -0.497 e. The van der Waals surface area contributed by atoms with Crippen LogP contribution in [0.5, 0.6) is 5.75 Å². The maximum Gasteiger partial charge on any atom is 0.119 e. The highest BCUT2D eigenvalue weighted by atomic mass is 16.5. The normalized spacial score (nSPS) is 15.1. The van der Waals surface area contributed by atoms with E-state index in [0.717, 1.165) is 24.3 Å². The first kappa shape index (κ1) is 18.5. The molecule has 3 heteroatoms. The van der Waals surface area contributed by atoms with E-state index in [-0.39, 0.29) is 5.92 Å². The summed E-state index contributed by atoms with van der Waals surface area (Å²) in [6, 6.07) is 18.2. The molecule has 0 unspecified atom stereocenters. The van der Waals surface area contributed by atoms with Crippen molar-refractivity contribution < 1.29 is 9.84 Å². The predicted molar refractivity (Wildman–Crippen MR) is 99.4 cm³/mol. The van der Waals surface area contributed by atoms with E-state index in [9.17, 15) is 5.11 Å². The van der Waals surface area contributed by atoms with E-state index in [2.05, 4.69) is 43.3 Å². The van der Waals surface area contributed by atoms with Gasteiger partial charge in [-0.15, -0.1) is 0 Å². The Kier molecular flexibility index (Phi) is 6.41. The number of nitrogens with zero attached hydrogens (tertiary/aromatic N) is 1. The summed E-state index contributed by atoms with van der Waals surface area (Å²) in [5, 5.41) is 11.6. The van der Waals surface area contributed by atoms with E-state index in [1.807, 2.05) is 37.3 Å². The van der Waals surface area contributed by atoms with Gasteiger partial charge in [0, 0.05) is 12.5 Å². The Bertz CT molecular complexity index is 627. The molecule has 0 heterocycles. The van der Waals surface area contributed by atoms with Gasteiger partial charge in [0.05, 0.1) is 12.7 Å². The van der Waals surface area contributed by atoms with Gasteiger partial charge in [-0.2, -0.15) is 0 Å². The molecule has 1 N–H and O–H groups in total. The molecule has 2 atom stereocenters. The average molecular weight is 327 g/mol. The Balaban J connectivity index is 2.38. The third-order valence-corrected chi connectivity index (χ3v) is 4.69. The first-order valence-electron chi connectivity index (χ1n) is 8.55. The van der Waals surface area contributed by atoms with Crippen LogP contribution in [0, 0.1) is 5.92 Å². The summed E-state index contributed by atoms with van der Waals surface area (Å²) < 4.78 is 5.35. The molecule has 0 saturated heterocycles. The van der Waals surface area contributed by atoms with Crippen LogP contribution in [0.1, 0.15) is 24.5 Å². The highest BCUT2D eigenvalue weighted by Crippen LogP contribution is 2.37. The van der Waals surface area contributed by atoms with E-state index in [1.54, 1.807) is 7.11 Å². The first-order chi connectivity index (χ1) is 11.5. The lowest BCUT2D eigenvalue weighted by molar-refractivity contribution is -0.0367. The van der Waals surface area contributed by atoms with Gasteiger partial charge in [-0.25, -0.2) is 0 Å². The van der Waals surface area contributed by atoms with Gasteiger partial charge in [-0.3, -0.25) is 0 Å². The van der Waals surface area contributed by atoms with Crippen LogP contribution in [0.25, 0.3) is 0 Å². The summed E-state index contributed by atoms with van der Waals surface area (Å²) in [4.78, 5) is 2.15.